The third-order valence-corrected chi connectivity index (χ3v) is 3.28. The molecule has 0 atom stereocenters. The molecular weight excluding hydrogens is 320 g/mol. The summed E-state index contributed by atoms with van der Waals surface area (Å²) in [4.78, 5) is 0. The van der Waals surface area contributed by atoms with Crippen LogP contribution in [0.25, 0.3) is 0 Å². The van der Waals surface area contributed by atoms with Crippen molar-refractivity contribution >= 4 is 20.6 Å². The molecule has 21 heavy (non-hydrogen) atoms. The van der Waals surface area contributed by atoms with Gasteiger partial charge < -0.3 is 8.37 Å². The highest BCUT2D eigenvalue weighted by atomic mass is 32.2. The summed E-state index contributed by atoms with van der Waals surface area (Å²) in [6.07, 6.45) is 3.44. The summed E-state index contributed by atoms with van der Waals surface area (Å²) in [5.41, 5.74) is 0.656. The maximum Gasteiger partial charge on any atom is 0.380 e. The van der Waals surface area contributed by atoms with E-state index in [4.69, 9.17) is 10.3 Å². The molecule has 0 aliphatic rings. The van der Waals surface area contributed by atoms with E-state index >= 15 is 0 Å². The van der Waals surface area contributed by atoms with Gasteiger partial charge in [-0.1, -0.05) is 19.8 Å². The van der Waals surface area contributed by atoms with Gasteiger partial charge in [0.1, 0.15) is 11.5 Å². The van der Waals surface area contributed by atoms with Gasteiger partial charge in [0.25, 0.3) is 0 Å². The molecule has 0 aliphatic carbocycles. The Morgan fingerprint density at radius 3 is 1.76 bits per heavy atom. The molecule has 1 aromatic rings. The molecule has 0 amide bonds. The zero-order valence-corrected chi connectivity index (χ0v) is 13.1. The predicted octanol–water partition coefficient (Wildman–Crippen LogP) is 0.584. The van der Waals surface area contributed by atoms with Gasteiger partial charge in [-0.25, -0.2) is 0 Å². The molecule has 0 heterocycles. The van der Waals surface area contributed by atoms with Crippen LogP contribution in [-0.2, 0) is 27.0 Å². The van der Waals surface area contributed by atoms with Gasteiger partial charge in [0.2, 0.25) is 0 Å². The largest absolute Gasteiger partial charge is 0.380 e. The highest BCUT2D eigenvalue weighted by Crippen LogP contribution is 2.25. The fraction of sp³-hybridized carbons (Fsp3) is 0.455. The van der Waals surface area contributed by atoms with Gasteiger partial charge in [-0.2, -0.15) is 27.1 Å². The Morgan fingerprint density at radius 2 is 1.38 bits per heavy atom. The molecule has 0 unspecified atom stereocenters. The summed E-state index contributed by atoms with van der Waals surface area (Å²) in [6, 6.07) is 3.99. The second kappa shape index (κ2) is 7.07. The van der Waals surface area contributed by atoms with Gasteiger partial charge in [-0.15, -0.1) is 0 Å². The predicted molar refractivity (Wildman–Crippen MR) is 77.1 cm³/mol. The van der Waals surface area contributed by atoms with Gasteiger partial charge in [-0.05, 0) is 30.5 Å². The highest BCUT2D eigenvalue weighted by molar-refractivity contribution is 7.85. The number of aryl methyl sites for hydroxylation is 1. The Labute approximate surface area is 124 Å². The number of rotatable bonds is 8. The molecule has 0 bridgehead atoms. The van der Waals surface area contributed by atoms with Crippen molar-refractivity contribution in [2.75, 3.05) is 0 Å². The van der Waals surface area contributed by atoms with Crippen LogP contribution in [0.2, 0.25) is 0 Å². The standard InChI is InChI=1S/C11H18N2O6S2/c1-2-3-4-5-9-6-10(18-20(12,14)15)8-11(7-9)19-21(13,16)17/h6-8H,2-5H2,1H3,(H2,12,14,15)(H2,13,16,17). The molecule has 0 radical (unpaired) electrons. The van der Waals surface area contributed by atoms with Gasteiger partial charge in [0.15, 0.2) is 0 Å². The average Bonchev–Trinajstić information content (AvgIpc) is 2.24. The molecule has 0 fully saturated rings. The van der Waals surface area contributed by atoms with E-state index in [1.165, 1.54) is 12.1 Å². The first kappa shape index (κ1) is 17.7. The van der Waals surface area contributed by atoms with E-state index in [-0.39, 0.29) is 11.5 Å². The summed E-state index contributed by atoms with van der Waals surface area (Å²) >= 11 is 0. The molecule has 4 N–H and O–H groups in total. The first-order valence-electron chi connectivity index (χ1n) is 6.17. The van der Waals surface area contributed by atoms with Crippen LogP contribution in [0.1, 0.15) is 31.7 Å². The summed E-state index contributed by atoms with van der Waals surface area (Å²) in [5, 5.41) is 9.57. The molecule has 0 aliphatic heterocycles. The van der Waals surface area contributed by atoms with Crippen molar-refractivity contribution in [3.05, 3.63) is 23.8 Å². The first-order valence-corrected chi connectivity index (χ1v) is 9.12. The van der Waals surface area contributed by atoms with Crippen LogP contribution in [-0.4, -0.2) is 16.8 Å². The molecule has 8 nitrogen and oxygen atoms in total. The molecule has 120 valence electrons. The molecule has 0 aromatic heterocycles. The second-order valence-corrected chi connectivity index (χ2v) is 6.73. The van der Waals surface area contributed by atoms with Gasteiger partial charge in [0, 0.05) is 6.07 Å². The SMILES string of the molecule is CCCCCc1cc(OS(N)(=O)=O)cc(OS(N)(=O)=O)c1. The van der Waals surface area contributed by atoms with Crippen LogP contribution in [0, 0.1) is 0 Å². The van der Waals surface area contributed by atoms with E-state index in [0.29, 0.717) is 12.0 Å². The van der Waals surface area contributed by atoms with E-state index in [1.807, 2.05) is 6.92 Å². The lowest BCUT2D eigenvalue weighted by atomic mass is 10.1. The van der Waals surface area contributed by atoms with Crippen LogP contribution in [0.5, 0.6) is 11.5 Å². The molecule has 0 spiro atoms. The van der Waals surface area contributed by atoms with Crippen LogP contribution in [0.15, 0.2) is 18.2 Å². The Kier molecular flexibility index (Phi) is 5.96. The van der Waals surface area contributed by atoms with E-state index in [9.17, 15) is 16.8 Å². The van der Waals surface area contributed by atoms with E-state index in [0.717, 1.165) is 25.3 Å². The minimum atomic E-state index is -4.22. The van der Waals surface area contributed by atoms with Gasteiger partial charge in [0.05, 0.1) is 0 Å². The smallest absolute Gasteiger partial charge is 0.371 e. The lowest BCUT2D eigenvalue weighted by molar-refractivity contribution is 0.477. The molecular formula is C11H18N2O6S2. The number of benzene rings is 1. The molecule has 1 rings (SSSR count). The van der Waals surface area contributed by atoms with Crippen molar-refractivity contribution in [2.45, 2.75) is 32.6 Å². The lowest BCUT2D eigenvalue weighted by Gasteiger charge is -2.09. The number of nitrogens with two attached hydrogens (primary N) is 2. The van der Waals surface area contributed by atoms with Crippen molar-refractivity contribution in [2.24, 2.45) is 10.3 Å². The zero-order chi connectivity index (χ0) is 16.1. The first-order chi connectivity index (χ1) is 9.59. The third kappa shape index (κ3) is 7.85. The lowest BCUT2D eigenvalue weighted by Crippen LogP contribution is -2.20. The Balaban J connectivity index is 3.06. The maximum atomic E-state index is 10.9. The summed E-state index contributed by atoms with van der Waals surface area (Å²) in [7, 11) is -8.43. The average molecular weight is 338 g/mol. The quantitative estimate of drug-likeness (QED) is 0.665. The third-order valence-electron chi connectivity index (χ3n) is 2.43. The maximum absolute atomic E-state index is 10.9. The monoisotopic (exact) mass is 338 g/mol. The normalized spacial score (nSPS) is 12.1. The summed E-state index contributed by atoms with van der Waals surface area (Å²) in [6.45, 7) is 2.04. The molecule has 0 saturated heterocycles. The van der Waals surface area contributed by atoms with Crippen LogP contribution >= 0.6 is 0 Å². The number of unbranched alkanes of at least 4 members (excludes halogenated alkanes) is 2. The van der Waals surface area contributed by atoms with E-state index < -0.39 is 20.6 Å². The van der Waals surface area contributed by atoms with Crippen molar-refractivity contribution in [1.29, 1.82) is 0 Å². The topological polar surface area (TPSA) is 139 Å². The fourth-order valence-corrected chi connectivity index (χ4v) is 2.45. The van der Waals surface area contributed by atoms with Crippen molar-refractivity contribution in [1.82, 2.24) is 0 Å². The minimum Gasteiger partial charge on any atom is -0.371 e. The minimum absolute atomic E-state index is 0.134. The highest BCUT2D eigenvalue weighted by Gasteiger charge is 2.12. The zero-order valence-electron chi connectivity index (χ0n) is 11.5. The van der Waals surface area contributed by atoms with Gasteiger partial charge in [-0.3, -0.25) is 0 Å². The van der Waals surface area contributed by atoms with E-state index in [1.54, 1.807) is 0 Å². The Morgan fingerprint density at radius 1 is 0.905 bits per heavy atom. The second-order valence-electron chi connectivity index (χ2n) is 4.42. The van der Waals surface area contributed by atoms with Crippen LogP contribution < -0.4 is 18.6 Å². The molecule has 10 heteroatoms. The van der Waals surface area contributed by atoms with Crippen LogP contribution in [0.3, 0.4) is 0 Å². The molecule has 0 saturated carbocycles. The fourth-order valence-electron chi connectivity index (χ4n) is 1.72. The van der Waals surface area contributed by atoms with Crippen molar-refractivity contribution < 1.29 is 25.2 Å². The number of hydrogen-bond donors (Lipinski definition) is 2. The number of hydrogen-bond acceptors (Lipinski definition) is 6. The summed E-state index contributed by atoms with van der Waals surface area (Å²) in [5.74, 6) is -0.268. The van der Waals surface area contributed by atoms with Crippen molar-refractivity contribution in [3.63, 3.8) is 0 Å². The Hall–Kier alpha value is -1.36. The summed E-state index contributed by atoms with van der Waals surface area (Å²) < 4.78 is 52.8. The van der Waals surface area contributed by atoms with Crippen molar-refractivity contribution in [3.8, 4) is 11.5 Å². The van der Waals surface area contributed by atoms with Crippen LogP contribution in [0.4, 0.5) is 0 Å². The molecule has 1 aromatic carbocycles. The van der Waals surface area contributed by atoms with E-state index in [2.05, 4.69) is 8.37 Å². The van der Waals surface area contributed by atoms with Gasteiger partial charge >= 0.3 is 20.6 Å². The Bertz CT molecular complexity index is 632.